The number of amidine groups is 1. The van der Waals surface area contributed by atoms with Crippen molar-refractivity contribution in [1.82, 2.24) is 0 Å². The van der Waals surface area contributed by atoms with Gasteiger partial charge in [-0.15, -0.1) is 0 Å². The third-order valence-electron chi connectivity index (χ3n) is 2.87. The van der Waals surface area contributed by atoms with Crippen molar-refractivity contribution in [3.05, 3.63) is 58.6 Å². The molecule has 5 heteroatoms. The summed E-state index contributed by atoms with van der Waals surface area (Å²) >= 11 is 6.08. The highest BCUT2D eigenvalue weighted by molar-refractivity contribution is 6.34. The lowest BCUT2D eigenvalue weighted by Gasteiger charge is -2.09. The summed E-state index contributed by atoms with van der Waals surface area (Å²) in [6.45, 7) is 2.09. The van der Waals surface area contributed by atoms with E-state index in [2.05, 4.69) is 12.1 Å². The molecule has 2 aromatic carbocycles. The molecule has 0 atom stereocenters. The molecular formula is C15H15ClN2O2. The van der Waals surface area contributed by atoms with Crippen LogP contribution in [0.15, 0.2) is 47.6 Å². The molecule has 2 aromatic rings. The molecule has 0 amide bonds. The van der Waals surface area contributed by atoms with Crippen LogP contribution in [0.2, 0.25) is 5.02 Å². The third-order valence-corrected chi connectivity index (χ3v) is 3.18. The van der Waals surface area contributed by atoms with E-state index in [0.717, 1.165) is 12.2 Å². The average molecular weight is 291 g/mol. The Morgan fingerprint density at radius 2 is 2.00 bits per heavy atom. The maximum atomic E-state index is 8.65. The van der Waals surface area contributed by atoms with Crippen LogP contribution in [0.25, 0.3) is 0 Å². The number of ether oxygens (including phenoxy) is 1. The summed E-state index contributed by atoms with van der Waals surface area (Å²) in [5.74, 6) is 1.31. The quantitative estimate of drug-likeness (QED) is 0.389. The fourth-order valence-corrected chi connectivity index (χ4v) is 2.05. The number of aryl methyl sites for hydroxylation is 1. The van der Waals surface area contributed by atoms with Crippen molar-refractivity contribution in [3.8, 4) is 11.5 Å². The molecule has 0 radical (unpaired) electrons. The van der Waals surface area contributed by atoms with Crippen molar-refractivity contribution in [2.75, 3.05) is 0 Å². The first kappa shape index (κ1) is 14.2. The van der Waals surface area contributed by atoms with Crippen LogP contribution in [-0.4, -0.2) is 11.0 Å². The Balaban J connectivity index is 2.24. The zero-order valence-corrected chi connectivity index (χ0v) is 11.8. The van der Waals surface area contributed by atoms with Gasteiger partial charge in [-0.25, -0.2) is 0 Å². The molecule has 0 spiro atoms. The van der Waals surface area contributed by atoms with Gasteiger partial charge in [-0.3, -0.25) is 0 Å². The Hall–Kier alpha value is -2.20. The second-order valence-corrected chi connectivity index (χ2v) is 4.64. The molecule has 0 saturated heterocycles. The van der Waals surface area contributed by atoms with Crippen LogP contribution in [0.5, 0.6) is 11.5 Å². The summed E-state index contributed by atoms with van der Waals surface area (Å²) < 4.78 is 5.74. The van der Waals surface area contributed by atoms with Gasteiger partial charge in [0.05, 0.1) is 5.02 Å². The number of oxime groups is 1. The summed E-state index contributed by atoms with van der Waals surface area (Å²) in [4.78, 5) is 0. The number of hydrogen-bond donors (Lipinski definition) is 2. The van der Waals surface area contributed by atoms with Crippen molar-refractivity contribution in [1.29, 1.82) is 0 Å². The van der Waals surface area contributed by atoms with Gasteiger partial charge in [-0.1, -0.05) is 35.8 Å². The van der Waals surface area contributed by atoms with Gasteiger partial charge in [0.2, 0.25) is 0 Å². The first-order valence-electron chi connectivity index (χ1n) is 6.18. The second-order valence-electron chi connectivity index (χ2n) is 4.23. The van der Waals surface area contributed by atoms with E-state index in [-0.39, 0.29) is 5.84 Å². The summed E-state index contributed by atoms with van der Waals surface area (Å²) in [7, 11) is 0. The Morgan fingerprint density at radius 1 is 1.25 bits per heavy atom. The van der Waals surface area contributed by atoms with Gasteiger partial charge in [0.15, 0.2) is 5.84 Å². The molecular weight excluding hydrogens is 276 g/mol. The highest BCUT2D eigenvalue weighted by Gasteiger charge is 2.07. The van der Waals surface area contributed by atoms with E-state index in [1.165, 1.54) is 5.56 Å². The molecule has 4 nitrogen and oxygen atoms in total. The predicted octanol–water partition coefficient (Wildman–Crippen LogP) is 3.79. The van der Waals surface area contributed by atoms with E-state index in [1.54, 1.807) is 18.2 Å². The fraction of sp³-hybridized carbons (Fsp3) is 0.133. The molecule has 0 aliphatic carbocycles. The van der Waals surface area contributed by atoms with Gasteiger partial charge in [0.1, 0.15) is 11.5 Å². The van der Waals surface area contributed by atoms with Crippen LogP contribution in [-0.2, 0) is 6.42 Å². The first-order valence-corrected chi connectivity index (χ1v) is 6.56. The maximum Gasteiger partial charge on any atom is 0.171 e. The standard InChI is InChI=1S/C15H15ClN2O2/c1-2-10-4-3-5-11(8-10)20-12-6-7-13(14(16)9-12)15(17)18-19/h3-9,19H,2H2,1H3,(H2,17,18). The van der Waals surface area contributed by atoms with E-state index < -0.39 is 0 Å². The molecule has 0 fully saturated rings. The minimum atomic E-state index is -0.0328. The Bertz CT molecular complexity index is 642. The molecule has 0 bridgehead atoms. The van der Waals surface area contributed by atoms with Crippen LogP contribution >= 0.6 is 11.6 Å². The highest BCUT2D eigenvalue weighted by atomic mass is 35.5. The smallest absolute Gasteiger partial charge is 0.171 e. The Labute approximate surface area is 122 Å². The lowest BCUT2D eigenvalue weighted by molar-refractivity contribution is 0.318. The SMILES string of the molecule is CCc1cccc(Oc2ccc(C(N)=NO)c(Cl)c2)c1. The topological polar surface area (TPSA) is 67.8 Å². The molecule has 0 aromatic heterocycles. The molecule has 0 saturated carbocycles. The van der Waals surface area contributed by atoms with E-state index >= 15 is 0 Å². The van der Waals surface area contributed by atoms with Crippen LogP contribution < -0.4 is 10.5 Å². The fourth-order valence-electron chi connectivity index (χ4n) is 1.79. The van der Waals surface area contributed by atoms with E-state index in [9.17, 15) is 0 Å². The van der Waals surface area contributed by atoms with Crippen molar-refractivity contribution >= 4 is 17.4 Å². The van der Waals surface area contributed by atoms with Gasteiger partial charge in [-0.2, -0.15) is 0 Å². The number of halogens is 1. The van der Waals surface area contributed by atoms with Crippen molar-refractivity contribution in [3.63, 3.8) is 0 Å². The summed E-state index contributed by atoms with van der Waals surface area (Å²) in [6.07, 6.45) is 0.945. The number of nitrogens with two attached hydrogens (primary N) is 1. The largest absolute Gasteiger partial charge is 0.457 e. The lowest BCUT2D eigenvalue weighted by atomic mass is 10.1. The van der Waals surface area contributed by atoms with Crippen LogP contribution in [0, 0.1) is 0 Å². The molecule has 0 unspecified atom stereocenters. The van der Waals surface area contributed by atoms with E-state index in [4.69, 9.17) is 27.3 Å². The van der Waals surface area contributed by atoms with Gasteiger partial charge in [-0.05, 0) is 36.2 Å². The monoisotopic (exact) mass is 290 g/mol. The highest BCUT2D eigenvalue weighted by Crippen LogP contribution is 2.27. The predicted molar refractivity (Wildman–Crippen MR) is 79.9 cm³/mol. The molecule has 0 heterocycles. The summed E-state index contributed by atoms with van der Waals surface area (Å²) in [6, 6.07) is 12.8. The van der Waals surface area contributed by atoms with Gasteiger partial charge in [0.25, 0.3) is 0 Å². The van der Waals surface area contributed by atoms with Crippen molar-refractivity contribution in [2.24, 2.45) is 10.9 Å². The van der Waals surface area contributed by atoms with Gasteiger partial charge < -0.3 is 15.7 Å². The summed E-state index contributed by atoms with van der Waals surface area (Å²) in [5.41, 5.74) is 7.17. The van der Waals surface area contributed by atoms with Crippen molar-refractivity contribution < 1.29 is 9.94 Å². The van der Waals surface area contributed by atoms with Gasteiger partial charge in [0, 0.05) is 11.6 Å². The second kappa shape index (κ2) is 6.30. The molecule has 3 N–H and O–H groups in total. The Morgan fingerprint density at radius 3 is 2.65 bits per heavy atom. The number of rotatable bonds is 4. The maximum absolute atomic E-state index is 8.65. The van der Waals surface area contributed by atoms with E-state index in [0.29, 0.717) is 16.3 Å². The third kappa shape index (κ3) is 3.22. The molecule has 20 heavy (non-hydrogen) atoms. The van der Waals surface area contributed by atoms with Crippen LogP contribution in [0.3, 0.4) is 0 Å². The van der Waals surface area contributed by atoms with Crippen LogP contribution in [0.4, 0.5) is 0 Å². The van der Waals surface area contributed by atoms with Crippen molar-refractivity contribution in [2.45, 2.75) is 13.3 Å². The molecule has 0 aliphatic heterocycles. The molecule has 104 valence electrons. The number of benzene rings is 2. The zero-order chi connectivity index (χ0) is 14.5. The average Bonchev–Trinajstić information content (AvgIpc) is 2.47. The number of nitrogens with zero attached hydrogens (tertiary/aromatic N) is 1. The number of hydrogen-bond acceptors (Lipinski definition) is 3. The van der Waals surface area contributed by atoms with E-state index in [1.807, 2.05) is 24.3 Å². The molecule has 0 aliphatic rings. The zero-order valence-electron chi connectivity index (χ0n) is 11.0. The molecule has 2 rings (SSSR count). The van der Waals surface area contributed by atoms with Crippen LogP contribution in [0.1, 0.15) is 18.1 Å². The minimum absolute atomic E-state index is 0.0328. The first-order chi connectivity index (χ1) is 9.63. The normalized spacial score (nSPS) is 11.4. The summed E-state index contributed by atoms with van der Waals surface area (Å²) in [5, 5.41) is 11.9. The minimum Gasteiger partial charge on any atom is -0.457 e. The lowest BCUT2D eigenvalue weighted by Crippen LogP contribution is -2.13. The van der Waals surface area contributed by atoms with Gasteiger partial charge >= 0.3 is 0 Å². The Kier molecular flexibility index (Phi) is 4.48.